The summed E-state index contributed by atoms with van der Waals surface area (Å²) < 4.78 is 5.73. The molecule has 5 atom stereocenters. The number of aliphatic carboxylic acids is 1. The quantitative estimate of drug-likeness (QED) is 0.358. The molecular weight excluding hydrogens is 360 g/mol. The Morgan fingerprint density at radius 1 is 1.11 bits per heavy atom. The lowest BCUT2D eigenvalue weighted by molar-refractivity contribution is -0.136. The van der Waals surface area contributed by atoms with Gasteiger partial charge in [-0.25, -0.2) is 0 Å². The normalized spacial score (nSPS) is 25.5. The number of ether oxygens (including phenoxy) is 1. The first-order chi connectivity index (χ1) is 13.4. The number of aliphatic hydroxyl groups excluding tert-OH is 3. The largest absolute Gasteiger partial charge is 0.481 e. The van der Waals surface area contributed by atoms with Crippen LogP contribution in [0.15, 0.2) is 48.6 Å². The van der Waals surface area contributed by atoms with Crippen LogP contribution in [0.4, 0.5) is 0 Å². The van der Waals surface area contributed by atoms with E-state index in [-0.39, 0.29) is 12.5 Å². The van der Waals surface area contributed by atoms with E-state index in [0.717, 1.165) is 6.42 Å². The SMILES string of the molecule is CC/C=C\C[C@@H]1O[C@@H]([C@H](O)/C=C/[C@H](O)C/C=C\C/C=C\CCC(=O)O)C[C@@H]1O. The van der Waals surface area contributed by atoms with Crippen molar-refractivity contribution >= 4 is 5.97 Å². The van der Waals surface area contributed by atoms with Gasteiger partial charge in [-0.05, 0) is 32.1 Å². The van der Waals surface area contributed by atoms with E-state index in [9.17, 15) is 20.1 Å². The summed E-state index contributed by atoms with van der Waals surface area (Å²) in [5.74, 6) is -0.807. The molecule has 0 saturated carbocycles. The molecule has 4 N–H and O–H groups in total. The first-order valence-electron chi connectivity index (χ1n) is 9.98. The van der Waals surface area contributed by atoms with Crippen LogP contribution in [0.5, 0.6) is 0 Å². The molecule has 1 aliphatic rings. The van der Waals surface area contributed by atoms with E-state index in [2.05, 4.69) is 0 Å². The number of carbonyl (C=O) groups is 1. The number of carboxylic acids is 1. The number of hydrogen-bond acceptors (Lipinski definition) is 5. The summed E-state index contributed by atoms with van der Waals surface area (Å²) in [6.07, 6.45) is 15.3. The average molecular weight is 395 g/mol. The van der Waals surface area contributed by atoms with Crippen LogP contribution in [0.25, 0.3) is 0 Å². The topological polar surface area (TPSA) is 107 Å². The second-order valence-corrected chi connectivity index (χ2v) is 6.92. The average Bonchev–Trinajstić information content (AvgIpc) is 3.02. The second-order valence-electron chi connectivity index (χ2n) is 6.92. The molecule has 1 aliphatic heterocycles. The van der Waals surface area contributed by atoms with Crippen LogP contribution in [0, 0.1) is 0 Å². The van der Waals surface area contributed by atoms with Gasteiger partial charge in [-0.3, -0.25) is 4.79 Å². The molecule has 0 spiro atoms. The minimum atomic E-state index is -0.870. The number of carboxylic acid groups (broad SMARTS) is 1. The lowest BCUT2D eigenvalue weighted by Gasteiger charge is -2.16. The highest BCUT2D eigenvalue weighted by Crippen LogP contribution is 2.26. The molecular formula is C22H34O6. The van der Waals surface area contributed by atoms with Crippen LogP contribution in [0.2, 0.25) is 0 Å². The molecule has 1 heterocycles. The molecule has 158 valence electrons. The Labute approximate surface area is 167 Å². The van der Waals surface area contributed by atoms with E-state index in [1.54, 1.807) is 0 Å². The van der Waals surface area contributed by atoms with Gasteiger partial charge in [0.1, 0.15) is 0 Å². The first-order valence-corrected chi connectivity index (χ1v) is 9.98. The molecule has 0 radical (unpaired) electrons. The Morgan fingerprint density at radius 3 is 2.57 bits per heavy atom. The van der Waals surface area contributed by atoms with Gasteiger partial charge < -0.3 is 25.2 Å². The summed E-state index contributed by atoms with van der Waals surface area (Å²) in [4.78, 5) is 10.4. The molecule has 1 saturated heterocycles. The van der Waals surface area contributed by atoms with Crippen LogP contribution in [-0.2, 0) is 9.53 Å². The van der Waals surface area contributed by atoms with Crippen molar-refractivity contribution < 1.29 is 30.0 Å². The summed E-state index contributed by atoms with van der Waals surface area (Å²) >= 11 is 0. The maximum absolute atomic E-state index is 10.4. The molecule has 0 aromatic heterocycles. The maximum Gasteiger partial charge on any atom is 0.303 e. The van der Waals surface area contributed by atoms with Crippen molar-refractivity contribution in [2.75, 3.05) is 0 Å². The van der Waals surface area contributed by atoms with Gasteiger partial charge in [0.15, 0.2) is 0 Å². The smallest absolute Gasteiger partial charge is 0.303 e. The molecule has 0 bridgehead atoms. The van der Waals surface area contributed by atoms with Gasteiger partial charge in [0.25, 0.3) is 0 Å². The third-order valence-electron chi connectivity index (χ3n) is 4.44. The third kappa shape index (κ3) is 10.6. The van der Waals surface area contributed by atoms with Crippen molar-refractivity contribution in [3.8, 4) is 0 Å². The van der Waals surface area contributed by atoms with Gasteiger partial charge in [-0.1, -0.05) is 55.5 Å². The van der Waals surface area contributed by atoms with Gasteiger partial charge in [0.2, 0.25) is 0 Å². The predicted octanol–water partition coefficient (Wildman–Crippen LogP) is 2.90. The molecule has 6 heteroatoms. The molecule has 0 aromatic carbocycles. The molecule has 1 fully saturated rings. The second kappa shape index (κ2) is 14.3. The van der Waals surface area contributed by atoms with E-state index in [1.165, 1.54) is 12.2 Å². The van der Waals surface area contributed by atoms with Crippen LogP contribution >= 0.6 is 0 Å². The maximum atomic E-state index is 10.4. The highest BCUT2D eigenvalue weighted by molar-refractivity contribution is 5.66. The van der Waals surface area contributed by atoms with Crippen LogP contribution < -0.4 is 0 Å². The Kier molecular flexibility index (Phi) is 12.4. The van der Waals surface area contributed by atoms with Crippen LogP contribution in [0.3, 0.4) is 0 Å². The van der Waals surface area contributed by atoms with Gasteiger partial charge in [0.05, 0.1) is 30.5 Å². The minimum Gasteiger partial charge on any atom is -0.481 e. The number of aliphatic hydroxyl groups is 3. The van der Waals surface area contributed by atoms with Crippen LogP contribution in [-0.4, -0.2) is 56.9 Å². The van der Waals surface area contributed by atoms with Gasteiger partial charge in [-0.15, -0.1) is 0 Å². The monoisotopic (exact) mass is 394 g/mol. The summed E-state index contributed by atoms with van der Waals surface area (Å²) in [6, 6.07) is 0. The van der Waals surface area contributed by atoms with E-state index in [4.69, 9.17) is 9.84 Å². The number of rotatable bonds is 13. The minimum absolute atomic E-state index is 0.129. The Hall–Kier alpha value is -1.73. The number of hydrogen-bond donors (Lipinski definition) is 4. The zero-order valence-electron chi connectivity index (χ0n) is 16.6. The highest BCUT2D eigenvalue weighted by atomic mass is 16.5. The van der Waals surface area contributed by atoms with Gasteiger partial charge in [0, 0.05) is 12.8 Å². The molecule has 6 nitrogen and oxygen atoms in total. The van der Waals surface area contributed by atoms with Crippen LogP contribution in [0.1, 0.15) is 51.9 Å². The Balaban J connectivity index is 2.28. The molecule has 28 heavy (non-hydrogen) atoms. The lowest BCUT2D eigenvalue weighted by Crippen LogP contribution is -2.24. The molecule has 1 rings (SSSR count). The van der Waals surface area contributed by atoms with Crippen molar-refractivity contribution in [1.29, 1.82) is 0 Å². The third-order valence-corrected chi connectivity index (χ3v) is 4.44. The fourth-order valence-electron chi connectivity index (χ4n) is 2.87. The summed E-state index contributed by atoms with van der Waals surface area (Å²) in [6.45, 7) is 2.04. The summed E-state index contributed by atoms with van der Waals surface area (Å²) in [5, 5.41) is 38.7. The van der Waals surface area contributed by atoms with E-state index in [0.29, 0.717) is 32.1 Å². The fourth-order valence-corrected chi connectivity index (χ4v) is 2.87. The van der Waals surface area contributed by atoms with E-state index < -0.39 is 30.4 Å². The zero-order valence-corrected chi connectivity index (χ0v) is 16.6. The predicted molar refractivity (Wildman–Crippen MR) is 109 cm³/mol. The van der Waals surface area contributed by atoms with Crippen molar-refractivity contribution in [2.45, 2.75) is 82.4 Å². The van der Waals surface area contributed by atoms with Gasteiger partial charge in [-0.2, -0.15) is 0 Å². The van der Waals surface area contributed by atoms with Gasteiger partial charge >= 0.3 is 5.97 Å². The van der Waals surface area contributed by atoms with Crippen molar-refractivity contribution in [1.82, 2.24) is 0 Å². The first kappa shape index (κ1) is 24.3. The lowest BCUT2D eigenvalue weighted by atomic mass is 10.0. The Morgan fingerprint density at radius 2 is 1.86 bits per heavy atom. The summed E-state index contributed by atoms with van der Waals surface area (Å²) in [5.41, 5.74) is 0. The number of allylic oxidation sites excluding steroid dienone is 4. The van der Waals surface area contributed by atoms with Crippen molar-refractivity contribution in [3.63, 3.8) is 0 Å². The molecule has 0 aliphatic carbocycles. The van der Waals surface area contributed by atoms with Crippen molar-refractivity contribution in [3.05, 3.63) is 48.6 Å². The van der Waals surface area contributed by atoms with E-state index >= 15 is 0 Å². The molecule has 0 aromatic rings. The van der Waals surface area contributed by atoms with E-state index in [1.807, 2.05) is 43.4 Å². The fraction of sp³-hybridized carbons (Fsp3) is 0.591. The summed E-state index contributed by atoms with van der Waals surface area (Å²) in [7, 11) is 0. The highest BCUT2D eigenvalue weighted by Gasteiger charge is 2.36. The standard InChI is InChI=1S/C22H34O6/c1-2-3-8-12-20-19(25)16-21(28-20)18(24)15-14-17(23)11-9-6-4-5-7-10-13-22(26)27/h3,5-9,14-15,17-21,23-25H,2,4,10-13,16H2,1H3,(H,26,27)/b7-5-,8-3-,9-6-,15-14+/t17-,18-,19+,20+,21-/m1/s1. The Bertz CT molecular complexity index is 551. The van der Waals surface area contributed by atoms with Crippen molar-refractivity contribution in [2.24, 2.45) is 0 Å². The molecule has 0 unspecified atom stereocenters. The zero-order chi connectivity index (χ0) is 20.8. The molecule has 0 amide bonds.